The summed E-state index contributed by atoms with van der Waals surface area (Å²) in [4.78, 5) is 3.55. The molecule has 0 bridgehead atoms. The van der Waals surface area contributed by atoms with E-state index in [-0.39, 0.29) is 0 Å². The lowest BCUT2D eigenvalue weighted by Crippen LogP contribution is -2.18. The number of aromatic nitrogens is 1. The van der Waals surface area contributed by atoms with E-state index in [1.165, 1.54) is 12.3 Å². The van der Waals surface area contributed by atoms with E-state index in [4.69, 9.17) is 0 Å². The van der Waals surface area contributed by atoms with Crippen molar-refractivity contribution >= 4 is 10.8 Å². The van der Waals surface area contributed by atoms with Gasteiger partial charge < -0.3 is 4.74 Å². The van der Waals surface area contributed by atoms with Gasteiger partial charge in [-0.3, -0.25) is 0 Å². The van der Waals surface area contributed by atoms with Crippen molar-refractivity contribution in [2.24, 2.45) is 0 Å². The van der Waals surface area contributed by atoms with Gasteiger partial charge in [0, 0.05) is 11.6 Å². The molecule has 0 atom stereocenters. The molecule has 0 unspecified atom stereocenters. The second-order valence-corrected chi connectivity index (χ2v) is 2.89. The summed E-state index contributed by atoms with van der Waals surface area (Å²) in [6.07, 6.45) is -3.43. The third-order valence-corrected chi connectivity index (χ3v) is 1.85. The summed E-state index contributed by atoms with van der Waals surface area (Å²) in [7, 11) is 0. The molecule has 0 aliphatic heterocycles. The minimum Gasteiger partial charge on any atom is -0.387 e. The van der Waals surface area contributed by atoms with Gasteiger partial charge in [-0.1, -0.05) is 18.2 Å². The highest BCUT2D eigenvalue weighted by molar-refractivity contribution is 5.86. The van der Waals surface area contributed by atoms with Gasteiger partial charge in [-0.15, -0.1) is 13.2 Å². The Balaban J connectivity index is 2.52. The maximum absolute atomic E-state index is 12.0. The fourth-order valence-corrected chi connectivity index (χ4v) is 1.28. The van der Waals surface area contributed by atoms with Gasteiger partial charge in [0.1, 0.15) is 0 Å². The first kappa shape index (κ1) is 9.76. The maximum atomic E-state index is 12.0. The number of hydrogen-bond acceptors (Lipinski definition) is 2. The zero-order chi connectivity index (χ0) is 10.9. The Morgan fingerprint density at radius 2 is 1.80 bits per heavy atom. The molecule has 0 fully saturated rings. The van der Waals surface area contributed by atoms with Gasteiger partial charge in [0.2, 0.25) is 5.88 Å². The molecule has 0 saturated heterocycles. The van der Waals surface area contributed by atoms with E-state index in [1.54, 1.807) is 24.3 Å². The summed E-state index contributed by atoms with van der Waals surface area (Å²) in [5, 5.41) is 1.00. The molecule has 1 aromatic heterocycles. The van der Waals surface area contributed by atoms with Crippen molar-refractivity contribution in [3.8, 4) is 5.88 Å². The van der Waals surface area contributed by atoms with Crippen molar-refractivity contribution in [2.45, 2.75) is 6.36 Å². The quantitative estimate of drug-likeness (QED) is 0.726. The van der Waals surface area contributed by atoms with Crippen LogP contribution in [0.2, 0.25) is 0 Å². The molecule has 0 saturated carbocycles. The lowest BCUT2D eigenvalue weighted by Gasteiger charge is -2.09. The van der Waals surface area contributed by atoms with Crippen LogP contribution in [0.1, 0.15) is 0 Å². The van der Waals surface area contributed by atoms with Gasteiger partial charge in [0.05, 0.1) is 0 Å². The molecule has 5 heteroatoms. The van der Waals surface area contributed by atoms with Crippen LogP contribution in [0.25, 0.3) is 10.8 Å². The van der Waals surface area contributed by atoms with Gasteiger partial charge in [-0.25, -0.2) is 4.98 Å². The number of alkyl halides is 3. The summed E-state index contributed by atoms with van der Waals surface area (Å²) >= 11 is 0. The Labute approximate surface area is 83.3 Å². The SMILES string of the molecule is FC(F)(F)Oc1nccc2ccccc12. The standard InChI is InChI=1S/C10H6F3NO/c11-10(12,13)15-9-8-4-2-1-3-7(8)5-6-14-9/h1-6H. The fourth-order valence-electron chi connectivity index (χ4n) is 1.28. The number of hydrogen-bond donors (Lipinski definition) is 0. The molecular formula is C10H6F3NO. The van der Waals surface area contributed by atoms with Crippen LogP contribution in [0.15, 0.2) is 36.5 Å². The van der Waals surface area contributed by atoms with Crippen LogP contribution in [0.4, 0.5) is 13.2 Å². The minimum absolute atomic E-state index is 0.345. The van der Waals surface area contributed by atoms with Gasteiger partial charge in [0.15, 0.2) is 0 Å². The lowest BCUT2D eigenvalue weighted by molar-refractivity contribution is -0.275. The number of nitrogens with zero attached hydrogens (tertiary/aromatic N) is 1. The Morgan fingerprint density at radius 1 is 1.07 bits per heavy atom. The second kappa shape index (κ2) is 3.42. The van der Waals surface area contributed by atoms with Crippen LogP contribution in [-0.4, -0.2) is 11.3 Å². The summed E-state index contributed by atoms with van der Waals surface area (Å²) < 4.78 is 39.8. The number of ether oxygens (including phenoxy) is 1. The van der Waals surface area contributed by atoms with Crippen molar-refractivity contribution < 1.29 is 17.9 Å². The van der Waals surface area contributed by atoms with E-state index in [0.29, 0.717) is 10.8 Å². The van der Waals surface area contributed by atoms with Gasteiger partial charge in [-0.05, 0) is 17.5 Å². The van der Waals surface area contributed by atoms with Gasteiger partial charge >= 0.3 is 6.36 Å². The molecule has 0 spiro atoms. The zero-order valence-corrected chi connectivity index (χ0v) is 7.45. The first-order valence-corrected chi connectivity index (χ1v) is 4.16. The monoisotopic (exact) mass is 213 g/mol. The summed E-state index contributed by atoms with van der Waals surface area (Å²) in [5.41, 5.74) is 0. The third-order valence-electron chi connectivity index (χ3n) is 1.85. The molecule has 15 heavy (non-hydrogen) atoms. The fraction of sp³-hybridized carbons (Fsp3) is 0.100. The average Bonchev–Trinajstić information content (AvgIpc) is 2.16. The van der Waals surface area contributed by atoms with E-state index in [2.05, 4.69) is 9.72 Å². The molecule has 2 rings (SSSR count). The van der Waals surface area contributed by atoms with Crippen molar-refractivity contribution in [2.75, 3.05) is 0 Å². The summed E-state index contributed by atoms with van der Waals surface area (Å²) in [5.74, 6) is -0.416. The largest absolute Gasteiger partial charge is 0.574 e. The Bertz CT molecular complexity index is 476. The molecule has 0 aliphatic carbocycles. The highest BCUT2D eigenvalue weighted by Crippen LogP contribution is 2.27. The van der Waals surface area contributed by atoms with E-state index >= 15 is 0 Å². The number of halogens is 3. The van der Waals surface area contributed by atoms with E-state index < -0.39 is 12.2 Å². The number of benzene rings is 1. The topological polar surface area (TPSA) is 22.1 Å². The molecular weight excluding hydrogens is 207 g/mol. The third kappa shape index (κ3) is 2.18. The average molecular weight is 213 g/mol. The lowest BCUT2D eigenvalue weighted by atomic mass is 10.2. The zero-order valence-electron chi connectivity index (χ0n) is 7.45. The van der Waals surface area contributed by atoms with Crippen LogP contribution >= 0.6 is 0 Å². The first-order chi connectivity index (χ1) is 7.06. The van der Waals surface area contributed by atoms with Crippen molar-refractivity contribution in [1.29, 1.82) is 0 Å². The van der Waals surface area contributed by atoms with Crippen LogP contribution in [0.5, 0.6) is 5.88 Å². The summed E-state index contributed by atoms with van der Waals surface area (Å²) in [6.45, 7) is 0. The maximum Gasteiger partial charge on any atom is 0.574 e. The van der Waals surface area contributed by atoms with Gasteiger partial charge in [0.25, 0.3) is 0 Å². The Hall–Kier alpha value is -1.78. The predicted molar refractivity (Wildman–Crippen MR) is 48.4 cm³/mol. The number of pyridine rings is 1. The highest BCUT2D eigenvalue weighted by atomic mass is 19.4. The van der Waals surface area contributed by atoms with Crippen molar-refractivity contribution in [3.63, 3.8) is 0 Å². The molecule has 2 nitrogen and oxygen atoms in total. The molecule has 0 amide bonds. The van der Waals surface area contributed by atoms with E-state index in [9.17, 15) is 13.2 Å². The number of fused-ring (bicyclic) bond motifs is 1. The van der Waals surface area contributed by atoms with Crippen LogP contribution in [-0.2, 0) is 0 Å². The van der Waals surface area contributed by atoms with E-state index in [1.807, 2.05) is 0 Å². The Morgan fingerprint density at radius 3 is 2.53 bits per heavy atom. The van der Waals surface area contributed by atoms with Gasteiger partial charge in [-0.2, -0.15) is 0 Å². The highest BCUT2D eigenvalue weighted by Gasteiger charge is 2.32. The molecule has 78 valence electrons. The predicted octanol–water partition coefficient (Wildman–Crippen LogP) is 3.13. The molecule has 2 aromatic rings. The van der Waals surface area contributed by atoms with Crippen LogP contribution in [0, 0.1) is 0 Å². The van der Waals surface area contributed by atoms with Crippen LogP contribution in [0.3, 0.4) is 0 Å². The molecule has 1 heterocycles. The van der Waals surface area contributed by atoms with Crippen LogP contribution < -0.4 is 4.74 Å². The molecule has 1 aromatic carbocycles. The van der Waals surface area contributed by atoms with E-state index in [0.717, 1.165) is 0 Å². The molecule has 0 radical (unpaired) electrons. The smallest absolute Gasteiger partial charge is 0.387 e. The van der Waals surface area contributed by atoms with Crippen molar-refractivity contribution in [3.05, 3.63) is 36.5 Å². The second-order valence-electron chi connectivity index (χ2n) is 2.89. The molecule has 0 aliphatic rings. The summed E-state index contributed by atoms with van der Waals surface area (Å²) in [6, 6.07) is 8.22. The molecule has 0 N–H and O–H groups in total. The Kier molecular flexibility index (Phi) is 2.22. The number of rotatable bonds is 1. The first-order valence-electron chi connectivity index (χ1n) is 4.16. The normalized spacial score (nSPS) is 11.7. The minimum atomic E-state index is -4.71. The van der Waals surface area contributed by atoms with Crippen molar-refractivity contribution in [1.82, 2.24) is 4.98 Å².